The Hall–Kier alpha value is -1.77. The summed E-state index contributed by atoms with van der Waals surface area (Å²) in [7, 11) is 0. The summed E-state index contributed by atoms with van der Waals surface area (Å²) in [5.41, 5.74) is 3.68. The molecule has 2 nitrogen and oxygen atoms in total. The molecule has 0 bridgehead atoms. The molecule has 0 saturated heterocycles. The number of nitrogens with one attached hydrogen (secondary N) is 1. The Morgan fingerprint density at radius 3 is 2.38 bits per heavy atom. The van der Waals surface area contributed by atoms with Gasteiger partial charge in [-0.25, -0.2) is 0 Å². The highest BCUT2D eigenvalue weighted by molar-refractivity contribution is 6.37. The first-order valence-electron chi connectivity index (χ1n) is 6.47. The van der Waals surface area contributed by atoms with Crippen molar-refractivity contribution in [1.29, 1.82) is 0 Å². The molecular weight excluding hydrogens is 305 g/mol. The number of hydrogen-bond acceptors (Lipinski definition) is 2. The molecule has 0 aliphatic carbocycles. The van der Waals surface area contributed by atoms with Gasteiger partial charge >= 0.3 is 0 Å². The van der Waals surface area contributed by atoms with Crippen LogP contribution in [-0.2, 0) is 0 Å². The van der Waals surface area contributed by atoms with Gasteiger partial charge in [0.15, 0.2) is 5.78 Å². The zero-order valence-electron chi connectivity index (χ0n) is 11.8. The molecule has 2 aromatic rings. The topological polar surface area (TPSA) is 29.1 Å². The molecule has 0 atom stereocenters. The lowest BCUT2D eigenvalue weighted by Crippen LogP contribution is -1.99. The van der Waals surface area contributed by atoms with E-state index in [1.807, 2.05) is 32.0 Å². The molecule has 4 heteroatoms. The molecule has 2 aromatic carbocycles. The maximum Gasteiger partial charge on any atom is 0.188 e. The van der Waals surface area contributed by atoms with Crippen LogP contribution in [0.15, 0.2) is 48.7 Å². The van der Waals surface area contributed by atoms with Gasteiger partial charge in [-0.15, -0.1) is 0 Å². The van der Waals surface area contributed by atoms with Crippen molar-refractivity contribution in [2.45, 2.75) is 13.8 Å². The first kappa shape index (κ1) is 15.6. The molecule has 0 aliphatic heterocycles. The van der Waals surface area contributed by atoms with Gasteiger partial charge in [-0.1, -0.05) is 41.4 Å². The molecule has 108 valence electrons. The number of aryl methyl sites for hydroxylation is 2. The van der Waals surface area contributed by atoms with Gasteiger partial charge in [0, 0.05) is 28.5 Å². The van der Waals surface area contributed by atoms with Gasteiger partial charge in [0.1, 0.15) is 0 Å². The second-order valence-corrected chi connectivity index (χ2v) is 5.58. The highest BCUT2D eigenvalue weighted by Crippen LogP contribution is 2.22. The number of allylic oxidation sites excluding steroid dienone is 1. The Kier molecular flexibility index (Phi) is 5.05. The van der Waals surface area contributed by atoms with Crippen LogP contribution in [0.4, 0.5) is 5.69 Å². The summed E-state index contributed by atoms with van der Waals surface area (Å²) >= 11 is 11.8. The molecule has 0 unspecified atom stereocenters. The van der Waals surface area contributed by atoms with Crippen molar-refractivity contribution in [3.05, 3.63) is 75.4 Å². The fourth-order valence-corrected chi connectivity index (χ4v) is 2.52. The molecular formula is C17H15Cl2NO. The third-order valence-electron chi connectivity index (χ3n) is 3.14. The van der Waals surface area contributed by atoms with Crippen LogP contribution in [0.3, 0.4) is 0 Å². The van der Waals surface area contributed by atoms with Crippen LogP contribution in [0.1, 0.15) is 21.5 Å². The van der Waals surface area contributed by atoms with Crippen LogP contribution in [0, 0.1) is 13.8 Å². The third kappa shape index (κ3) is 3.87. The van der Waals surface area contributed by atoms with E-state index in [9.17, 15) is 4.79 Å². The molecule has 1 N–H and O–H groups in total. The lowest BCUT2D eigenvalue weighted by molar-refractivity contribution is 0.104. The SMILES string of the molecule is Cc1cccc(C)c1N/C=C/C(=O)c1ccc(Cl)cc1Cl. The summed E-state index contributed by atoms with van der Waals surface area (Å²) in [6.45, 7) is 4.03. The van der Waals surface area contributed by atoms with Crippen LogP contribution >= 0.6 is 23.2 Å². The molecule has 0 amide bonds. The second kappa shape index (κ2) is 6.79. The van der Waals surface area contributed by atoms with Crippen molar-refractivity contribution < 1.29 is 4.79 Å². The first-order valence-corrected chi connectivity index (χ1v) is 7.23. The van der Waals surface area contributed by atoms with Crippen LogP contribution in [0.2, 0.25) is 10.0 Å². The molecule has 0 heterocycles. The number of benzene rings is 2. The number of ketones is 1. The molecule has 0 spiro atoms. The van der Waals surface area contributed by atoms with Crippen LogP contribution in [-0.4, -0.2) is 5.78 Å². The van der Waals surface area contributed by atoms with Crippen molar-refractivity contribution in [3.63, 3.8) is 0 Å². The Labute approximate surface area is 134 Å². The standard InChI is InChI=1S/C17H15Cl2NO/c1-11-4-3-5-12(2)17(11)20-9-8-16(21)14-7-6-13(18)10-15(14)19/h3-10,20H,1-2H3/b9-8+. The van der Waals surface area contributed by atoms with Crippen molar-refractivity contribution in [1.82, 2.24) is 0 Å². The lowest BCUT2D eigenvalue weighted by atomic mass is 10.1. The summed E-state index contributed by atoms with van der Waals surface area (Å²) in [5.74, 6) is -0.171. The number of carbonyl (C=O) groups is 1. The monoisotopic (exact) mass is 319 g/mol. The van der Waals surface area contributed by atoms with Crippen molar-refractivity contribution in [2.75, 3.05) is 5.32 Å². The summed E-state index contributed by atoms with van der Waals surface area (Å²) in [6.07, 6.45) is 3.09. The van der Waals surface area contributed by atoms with Crippen molar-refractivity contribution in [2.24, 2.45) is 0 Å². The Bertz CT molecular complexity index is 688. The van der Waals surface area contributed by atoms with E-state index in [-0.39, 0.29) is 5.78 Å². The summed E-state index contributed by atoms with van der Waals surface area (Å²) in [6, 6.07) is 10.9. The predicted octanol–water partition coefficient (Wildman–Crippen LogP) is 5.42. The Balaban J connectivity index is 2.13. The number of anilines is 1. The van der Waals surface area contributed by atoms with E-state index in [2.05, 4.69) is 5.32 Å². The Morgan fingerprint density at radius 1 is 1.10 bits per heavy atom. The minimum atomic E-state index is -0.171. The van der Waals surface area contributed by atoms with Gasteiger partial charge in [-0.3, -0.25) is 4.79 Å². The Morgan fingerprint density at radius 2 is 1.76 bits per heavy atom. The first-order chi connectivity index (χ1) is 9.99. The van der Waals surface area contributed by atoms with Crippen LogP contribution in [0.25, 0.3) is 0 Å². The van der Waals surface area contributed by atoms with Gasteiger partial charge < -0.3 is 5.32 Å². The molecule has 0 radical (unpaired) electrons. The van der Waals surface area contributed by atoms with Gasteiger partial charge in [-0.05, 0) is 43.2 Å². The van der Waals surface area contributed by atoms with Crippen molar-refractivity contribution in [3.8, 4) is 0 Å². The van der Waals surface area contributed by atoms with Gasteiger partial charge in [0.25, 0.3) is 0 Å². The van der Waals surface area contributed by atoms with E-state index in [4.69, 9.17) is 23.2 Å². The number of rotatable bonds is 4. The average molecular weight is 320 g/mol. The minimum Gasteiger partial charge on any atom is -0.361 e. The van der Waals surface area contributed by atoms with E-state index in [1.165, 1.54) is 6.08 Å². The number of hydrogen-bond donors (Lipinski definition) is 1. The van der Waals surface area contributed by atoms with E-state index in [1.54, 1.807) is 24.4 Å². The molecule has 0 aliphatic rings. The van der Waals surface area contributed by atoms with E-state index in [0.717, 1.165) is 16.8 Å². The quantitative estimate of drug-likeness (QED) is 0.602. The van der Waals surface area contributed by atoms with E-state index >= 15 is 0 Å². The summed E-state index contributed by atoms with van der Waals surface area (Å²) in [5, 5.41) is 4.00. The zero-order valence-corrected chi connectivity index (χ0v) is 13.3. The number of para-hydroxylation sites is 1. The lowest BCUT2D eigenvalue weighted by Gasteiger charge is -2.08. The molecule has 0 fully saturated rings. The van der Waals surface area contributed by atoms with E-state index in [0.29, 0.717) is 15.6 Å². The number of halogens is 2. The largest absolute Gasteiger partial charge is 0.361 e. The van der Waals surface area contributed by atoms with Crippen molar-refractivity contribution >= 4 is 34.7 Å². The molecule has 0 aromatic heterocycles. The molecule has 2 rings (SSSR count). The third-order valence-corrected chi connectivity index (χ3v) is 3.69. The zero-order chi connectivity index (χ0) is 15.4. The fourth-order valence-electron chi connectivity index (χ4n) is 2.02. The van der Waals surface area contributed by atoms with Crippen LogP contribution in [0.5, 0.6) is 0 Å². The average Bonchev–Trinajstić information content (AvgIpc) is 2.42. The van der Waals surface area contributed by atoms with Gasteiger partial charge in [0.05, 0.1) is 5.02 Å². The van der Waals surface area contributed by atoms with Gasteiger partial charge in [0.2, 0.25) is 0 Å². The predicted molar refractivity (Wildman–Crippen MR) is 89.5 cm³/mol. The van der Waals surface area contributed by atoms with Gasteiger partial charge in [-0.2, -0.15) is 0 Å². The highest BCUT2D eigenvalue weighted by atomic mass is 35.5. The second-order valence-electron chi connectivity index (χ2n) is 4.73. The normalized spacial score (nSPS) is 10.9. The maximum absolute atomic E-state index is 12.1. The summed E-state index contributed by atoms with van der Waals surface area (Å²) < 4.78 is 0. The highest BCUT2D eigenvalue weighted by Gasteiger charge is 2.07. The smallest absolute Gasteiger partial charge is 0.188 e. The molecule has 21 heavy (non-hydrogen) atoms. The summed E-state index contributed by atoms with van der Waals surface area (Å²) in [4.78, 5) is 12.1. The van der Waals surface area contributed by atoms with E-state index < -0.39 is 0 Å². The number of carbonyl (C=O) groups excluding carboxylic acids is 1. The molecule has 0 saturated carbocycles. The fraction of sp³-hybridized carbons (Fsp3) is 0.118. The maximum atomic E-state index is 12.1. The van der Waals surface area contributed by atoms with Crippen LogP contribution < -0.4 is 5.32 Å². The minimum absolute atomic E-state index is 0.171.